The fraction of sp³-hybridized carbons (Fsp3) is 0.200. The summed E-state index contributed by atoms with van der Waals surface area (Å²) in [6.07, 6.45) is 1.71. The Labute approximate surface area is 77.8 Å². The van der Waals surface area contributed by atoms with E-state index in [1.807, 2.05) is 25.1 Å². The number of hydrogen-bond donors (Lipinski definition) is 1. The van der Waals surface area contributed by atoms with E-state index in [4.69, 9.17) is 17.3 Å². The van der Waals surface area contributed by atoms with E-state index < -0.39 is 0 Å². The van der Waals surface area contributed by atoms with Crippen LogP contribution in [0, 0.1) is 6.92 Å². The molecule has 0 aliphatic rings. The third kappa shape index (κ3) is 1.87. The van der Waals surface area contributed by atoms with Crippen molar-refractivity contribution in [2.75, 3.05) is 0 Å². The van der Waals surface area contributed by atoms with E-state index in [2.05, 4.69) is 6.58 Å². The Morgan fingerprint density at radius 1 is 1.58 bits per heavy atom. The fourth-order valence-electron chi connectivity index (χ4n) is 1.01. The van der Waals surface area contributed by atoms with Gasteiger partial charge in [-0.1, -0.05) is 29.8 Å². The SMILES string of the molecule is C=C[C@@H](N)c1ccc(Cl)c(C)c1. The summed E-state index contributed by atoms with van der Waals surface area (Å²) in [5.41, 5.74) is 7.85. The molecule has 1 aromatic carbocycles. The van der Waals surface area contributed by atoms with Crippen molar-refractivity contribution < 1.29 is 0 Å². The van der Waals surface area contributed by atoms with Crippen LogP contribution < -0.4 is 5.73 Å². The van der Waals surface area contributed by atoms with Gasteiger partial charge in [0.1, 0.15) is 0 Å². The standard InChI is InChI=1S/C10H12ClN/c1-3-10(12)8-4-5-9(11)7(2)6-8/h3-6,10H,1,12H2,2H3/t10-/m1/s1. The van der Waals surface area contributed by atoms with Crippen molar-refractivity contribution in [1.82, 2.24) is 0 Å². The molecule has 64 valence electrons. The van der Waals surface area contributed by atoms with Gasteiger partial charge in [0.15, 0.2) is 0 Å². The Bertz CT molecular complexity index is 294. The van der Waals surface area contributed by atoms with Crippen LogP contribution in [0.3, 0.4) is 0 Å². The second-order valence-electron chi connectivity index (χ2n) is 2.77. The second kappa shape index (κ2) is 3.74. The Hall–Kier alpha value is -0.790. The van der Waals surface area contributed by atoms with Gasteiger partial charge < -0.3 is 5.73 Å². The van der Waals surface area contributed by atoms with Crippen molar-refractivity contribution in [3.63, 3.8) is 0 Å². The third-order valence-electron chi connectivity index (χ3n) is 1.82. The lowest BCUT2D eigenvalue weighted by atomic mass is 10.1. The van der Waals surface area contributed by atoms with Crippen molar-refractivity contribution >= 4 is 11.6 Å². The Kier molecular flexibility index (Phi) is 2.90. The Balaban J connectivity index is 3.04. The molecule has 0 aromatic heterocycles. The molecule has 0 aliphatic carbocycles. The molecule has 0 fully saturated rings. The van der Waals surface area contributed by atoms with Crippen LogP contribution >= 0.6 is 11.6 Å². The minimum absolute atomic E-state index is 0.0963. The predicted molar refractivity (Wildman–Crippen MR) is 53.3 cm³/mol. The van der Waals surface area contributed by atoms with Crippen molar-refractivity contribution in [3.8, 4) is 0 Å². The van der Waals surface area contributed by atoms with Crippen LogP contribution in [0.2, 0.25) is 5.02 Å². The highest BCUT2D eigenvalue weighted by atomic mass is 35.5. The van der Waals surface area contributed by atoms with Crippen LogP contribution in [-0.4, -0.2) is 0 Å². The average molecular weight is 182 g/mol. The van der Waals surface area contributed by atoms with Crippen molar-refractivity contribution in [2.24, 2.45) is 5.73 Å². The minimum atomic E-state index is -0.0963. The maximum atomic E-state index is 5.86. The molecule has 2 heteroatoms. The van der Waals surface area contributed by atoms with E-state index in [0.29, 0.717) is 0 Å². The lowest BCUT2D eigenvalue weighted by molar-refractivity contribution is 0.912. The van der Waals surface area contributed by atoms with Gasteiger partial charge in [-0.3, -0.25) is 0 Å². The molecule has 0 radical (unpaired) electrons. The zero-order chi connectivity index (χ0) is 9.14. The summed E-state index contributed by atoms with van der Waals surface area (Å²) in [7, 11) is 0. The zero-order valence-corrected chi connectivity index (χ0v) is 7.81. The first kappa shape index (κ1) is 9.30. The summed E-state index contributed by atoms with van der Waals surface area (Å²) in [4.78, 5) is 0. The maximum Gasteiger partial charge on any atom is 0.0478 e. The number of rotatable bonds is 2. The van der Waals surface area contributed by atoms with Crippen molar-refractivity contribution in [1.29, 1.82) is 0 Å². The van der Waals surface area contributed by atoms with Gasteiger partial charge in [0.25, 0.3) is 0 Å². The molecular weight excluding hydrogens is 170 g/mol. The monoisotopic (exact) mass is 181 g/mol. The third-order valence-corrected chi connectivity index (χ3v) is 2.24. The van der Waals surface area contributed by atoms with Gasteiger partial charge in [0.2, 0.25) is 0 Å². The van der Waals surface area contributed by atoms with Crippen LogP contribution in [0.5, 0.6) is 0 Å². The summed E-state index contributed by atoms with van der Waals surface area (Å²) in [6.45, 7) is 5.59. The van der Waals surface area contributed by atoms with Crippen LogP contribution in [0.25, 0.3) is 0 Å². The van der Waals surface area contributed by atoms with Gasteiger partial charge in [0.05, 0.1) is 0 Å². The predicted octanol–water partition coefficient (Wildman–Crippen LogP) is 2.83. The number of nitrogens with two attached hydrogens (primary N) is 1. The van der Waals surface area contributed by atoms with E-state index in [1.54, 1.807) is 6.08 Å². The zero-order valence-electron chi connectivity index (χ0n) is 7.05. The Morgan fingerprint density at radius 3 is 2.75 bits per heavy atom. The summed E-state index contributed by atoms with van der Waals surface area (Å²) in [6, 6.07) is 5.66. The highest BCUT2D eigenvalue weighted by Crippen LogP contribution is 2.19. The van der Waals surface area contributed by atoms with Gasteiger partial charge in [-0.2, -0.15) is 0 Å². The lowest BCUT2D eigenvalue weighted by Crippen LogP contribution is -2.06. The van der Waals surface area contributed by atoms with E-state index in [9.17, 15) is 0 Å². The minimum Gasteiger partial charge on any atom is -0.321 e. The van der Waals surface area contributed by atoms with Crippen molar-refractivity contribution in [3.05, 3.63) is 47.0 Å². The lowest BCUT2D eigenvalue weighted by Gasteiger charge is -2.07. The normalized spacial score (nSPS) is 12.6. The summed E-state index contributed by atoms with van der Waals surface area (Å²) < 4.78 is 0. The van der Waals surface area contributed by atoms with E-state index in [-0.39, 0.29) is 6.04 Å². The van der Waals surface area contributed by atoms with Gasteiger partial charge in [0, 0.05) is 11.1 Å². The molecule has 1 nitrogen and oxygen atoms in total. The fourth-order valence-corrected chi connectivity index (χ4v) is 1.13. The molecule has 0 heterocycles. The molecule has 0 bridgehead atoms. The largest absolute Gasteiger partial charge is 0.321 e. The molecule has 0 saturated carbocycles. The van der Waals surface area contributed by atoms with Crippen LogP contribution in [0.1, 0.15) is 17.2 Å². The van der Waals surface area contributed by atoms with Crippen LogP contribution in [0.4, 0.5) is 0 Å². The number of aryl methyl sites for hydroxylation is 1. The summed E-state index contributed by atoms with van der Waals surface area (Å²) >= 11 is 5.86. The molecule has 0 spiro atoms. The maximum absolute atomic E-state index is 5.86. The second-order valence-corrected chi connectivity index (χ2v) is 3.18. The summed E-state index contributed by atoms with van der Waals surface area (Å²) in [5.74, 6) is 0. The average Bonchev–Trinajstić information content (AvgIpc) is 2.08. The molecule has 2 N–H and O–H groups in total. The van der Waals surface area contributed by atoms with Gasteiger partial charge in [-0.05, 0) is 24.1 Å². The van der Waals surface area contributed by atoms with E-state index in [0.717, 1.165) is 16.1 Å². The molecule has 0 aliphatic heterocycles. The van der Waals surface area contributed by atoms with Crippen LogP contribution in [-0.2, 0) is 0 Å². The molecule has 0 saturated heterocycles. The molecule has 1 aromatic rings. The molecule has 12 heavy (non-hydrogen) atoms. The van der Waals surface area contributed by atoms with Crippen molar-refractivity contribution in [2.45, 2.75) is 13.0 Å². The smallest absolute Gasteiger partial charge is 0.0478 e. The van der Waals surface area contributed by atoms with Crippen LogP contribution in [0.15, 0.2) is 30.9 Å². The van der Waals surface area contributed by atoms with E-state index >= 15 is 0 Å². The molecule has 0 unspecified atom stereocenters. The quantitative estimate of drug-likeness (QED) is 0.698. The van der Waals surface area contributed by atoms with Gasteiger partial charge in [-0.15, -0.1) is 6.58 Å². The van der Waals surface area contributed by atoms with Gasteiger partial charge >= 0.3 is 0 Å². The first-order chi connectivity index (χ1) is 5.65. The highest BCUT2D eigenvalue weighted by Gasteiger charge is 2.02. The summed E-state index contributed by atoms with van der Waals surface area (Å²) in [5, 5.41) is 0.773. The van der Waals surface area contributed by atoms with Gasteiger partial charge in [-0.25, -0.2) is 0 Å². The first-order valence-corrected chi connectivity index (χ1v) is 4.17. The number of halogens is 1. The first-order valence-electron chi connectivity index (χ1n) is 3.79. The molecule has 1 atom stereocenters. The molecule has 1 rings (SSSR count). The number of benzene rings is 1. The number of hydrogen-bond acceptors (Lipinski definition) is 1. The van der Waals surface area contributed by atoms with E-state index in [1.165, 1.54) is 0 Å². The topological polar surface area (TPSA) is 26.0 Å². The Morgan fingerprint density at radius 2 is 2.25 bits per heavy atom. The molecule has 0 amide bonds. The molecular formula is C10H12ClN. The highest BCUT2D eigenvalue weighted by molar-refractivity contribution is 6.31.